The first-order valence-electron chi connectivity index (χ1n) is 6.99. The van der Waals surface area contributed by atoms with Crippen LogP contribution < -0.4 is 5.32 Å². The van der Waals surface area contributed by atoms with E-state index in [1.54, 1.807) is 12.1 Å². The van der Waals surface area contributed by atoms with E-state index < -0.39 is 0 Å². The van der Waals surface area contributed by atoms with Gasteiger partial charge in [-0.15, -0.1) is 0 Å². The van der Waals surface area contributed by atoms with Crippen LogP contribution in [0.25, 0.3) is 11.1 Å². The van der Waals surface area contributed by atoms with E-state index in [1.165, 1.54) is 5.56 Å². The van der Waals surface area contributed by atoms with E-state index in [9.17, 15) is 4.39 Å². The van der Waals surface area contributed by atoms with Crippen LogP contribution in [0.5, 0.6) is 0 Å². The maximum absolute atomic E-state index is 14.2. The van der Waals surface area contributed by atoms with Gasteiger partial charge in [0.2, 0.25) is 0 Å². The lowest BCUT2D eigenvalue weighted by Crippen LogP contribution is -2.27. The van der Waals surface area contributed by atoms with Crippen LogP contribution in [0.3, 0.4) is 0 Å². The maximum Gasteiger partial charge on any atom is 0.150 e. The molecule has 0 aliphatic heterocycles. The first-order chi connectivity index (χ1) is 10.0. The topological polar surface area (TPSA) is 12.0 Å². The fourth-order valence-electron chi connectivity index (χ4n) is 2.34. The van der Waals surface area contributed by atoms with Crippen LogP contribution in [-0.2, 0) is 6.42 Å². The lowest BCUT2D eigenvalue weighted by atomic mass is 10.0. The molecule has 2 aromatic carbocycles. The summed E-state index contributed by atoms with van der Waals surface area (Å²) in [4.78, 5) is 0. The molecule has 0 amide bonds. The van der Waals surface area contributed by atoms with Crippen molar-refractivity contribution in [3.8, 4) is 11.1 Å². The summed E-state index contributed by atoms with van der Waals surface area (Å²) in [6.45, 7) is 5.22. The molecule has 1 N–H and O–H groups in total. The summed E-state index contributed by atoms with van der Waals surface area (Å²) < 4.78 is 14.8. The Hall–Kier alpha value is -0.900. The van der Waals surface area contributed by atoms with E-state index in [0.29, 0.717) is 16.1 Å². The number of halogens is 3. The van der Waals surface area contributed by atoms with Crippen LogP contribution in [0.1, 0.15) is 19.4 Å². The molecule has 1 unspecified atom stereocenters. The number of hydrogen-bond acceptors (Lipinski definition) is 1. The van der Waals surface area contributed by atoms with Crippen molar-refractivity contribution in [1.29, 1.82) is 0 Å². The van der Waals surface area contributed by atoms with Gasteiger partial charge in [-0.25, -0.2) is 4.39 Å². The lowest BCUT2D eigenvalue weighted by Gasteiger charge is -2.13. The first-order valence-corrected chi connectivity index (χ1v) is 8.16. The molecule has 0 heterocycles. The zero-order valence-corrected chi connectivity index (χ0v) is 14.4. The van der Waals surface area contributed by atoms with Crippen molar-refractivity contribution in [3.05, 3.63) is 57.3 Å². The summed E-state index contributed by atoms with van der Waals surface area (Å²) in [5.41, 5.74) is 2.59. The molecule has 0 fully saturated rings. The second-order valence-corrected chi connectivity index (χ2v) is 6.31. The molecule has 4 heteroatoms. The number of rotatable bonds is 5. The van der Waals surface area contributed by atoms with Crippen molar-refractivity contribution in [1.82, 2.24) is 5.32 Å². The molecule has 1 nitrogen and oxygen atoms in total. The first kappa shape index (κ1) is 16.5. The van der Waals surface area contributed by atoms with Gasteiger partial charge in [0.25, 0.3) is 0 Å². The molecule has 0 aromatic heterocycles. The molecule has 21 heavy (non-hydrogen) atoms. The lowest BCUT2D eigenvalue weighted by molar-refractivity contribution is 0.565. The fourth-order valence-corrected chi connectivity index (χ4v) is 2.81. The van der Waals surface area contributed by atoms with Gasteiger partial charge in [0, 0.05) is 16.1 Å². The maximum atomic E-state index is 14.2. The third-order valence-electron chi connectivity index (χ3n) is 3.39. The second-order valence-electron chi connectivity index (χ2n) is 5.08. The molecule has 0 spiro atoms. The van der Waals surface area contributed by atoms with E-state index in [0.717, 1.165) is 18.5 Å². The minimum absolute atomic E-state index is 0.123. The van der Waals surface area contributed by atoms with Gasteiger partial charge < -0.3 is 5.32 Å². The van der Waals surface area contributed by atoms with Crippen molar-refractivity contribution >= 4 is 27.5 Å². The van der Waals surface area contributed by atoms with Crippen LogP contribution in [-0.4, -0.2) is 12.6 Å². The molecule has 112 valence electrons. The summed E-state index contributed by atoms with van der Waals surface area (Å²) in [5, 5.41) is 3.50. The molecule has 2 aromatic rings. The Bertz CT molecular complexity index is 613. The summed E-state index contributed by atoms with van der Waals surface area (Å²) in [6.07, 6.45) is 0.956. The minimum Gasteiger partial charge on any atom is -0.314 e. The van der Waals surface area contributed by atoms with Gasteiger partial charge >= 0.3 is 0 Å². The second kappa shape index (κ2) is 7.39. The van der Waals surface area contributed by atoms with Gasteiger partial charge in [-0.1, -0.05) is 48.9 Å². The fraction of sp³-hybridized carbons (Fsp3) is 0.294. The Morgan fingerprint density at radius 1 is 1.19 bits per heavy atom. The molecule has 0 aliphatic rings. The predicted octanol–water partition coefficient (Wildman–Crippen LogP) is 5.45. The van der Waals surface area contributed by atoms with Crippen LogP contribution in [0.4, 0.5) is 4.39 Å². The number of hydrogen-bond donors (Lipinski definition) is 1. The third kappa shape index (κ3) is 4.06. The highest BCUT2D eigenvalue weighted by Crippen LogP contribution is 2.33. The summed E-state index contributed by atoms with van der Waals surface area (Å²) in [7, 11) is 0. The third-order valence-corrected chi connectivity index (χ3v) is 4.65. The summed E-state index contributed by atoms with van der Waals surface area (Å²) in [6, 6.07) is 11.9. The normalized spacial score (nSPS) is 12.4. The Balaban J connectivity index is 2.21. The average molecular weight is 371 g/mol. The zero-order chi connectivity index (χ0) is 15.4. The Morgan fingerprint density at radius 2 is 1.86 bits per heavy atom. The van der Waals surface area contributed by atoms with Gasteiger partial charge in [-0.05, 0) is 53.0 Å². The van der Waals surface area contributed by atoms with Gasteiger partial charge in [-0.3, -0.25) is 0 Å². The monoisotopic (exact) mass is 369 g/mol. The summed E-state index contributed by atoms with van der Waals surface area (Å²) >= 11 is 9.16. The van der Waals surface area contributed by atoms with E-state index in [1.807, 2.05) is 24.3 Å². The molecular formula is C17H18BrClFN. The highest BCUT2D eigenvalue weighted by Gasteiger charge is 2.12. The van der Waals surface area contributed by atoms with Gasteiger partial charge in [0.15, 0.2) is 5.82 Å². The highest BCUT2D eigenvalue weighted by atomic mass is 79.9. The molecule has 0 aliphatic carbocycles. The molecule has 1 atom stereocenters. The highest BCUT2D eigenvalue weighted by molar-refractivity contribution is 9.10. The average Bonchev–Trinajstić information content (AvgIpc) is 2.46. The van der Waals surface area contributed by atoms with E-state index in [2.05, 4.69) is 35.1 Å². The standard InChI is InChI=1S/C17H18BrClFN/c1-3-21-11(2)10-12-4-6-13(7-5-12)14-8-9-15(18)16(19)17(14)20/h4-9,11,21H,3,10H2,1-2H3. The van der Waals surface area contributed by atoms with Gasteiger partial charge in [-0.2, -0.15) is 0 Å². The van der Waals surface area contributed by atoms with Crippen LogP contribution in [0.2, 0.25) is 5.02 Å². The van der Waals surface area contributed by atoms with Crippen molar-refractivity contribution in [2.75, 3.05) is 6.54 Å². The zero-order valence-electron chi connectivity index (χ0n) is 12.1. The quantitative estimate of drug-likeness (QED) is 0.690. The number of nitrogens with one attached hydrogen (secondary N) is 1. The molecule has 0 saturated carbocycles. The molecule has 0 radical (unpaired) electrons. The van der Waals surface area contributed by atoms with E-state index >= 15 is 0 Å². The molecule has 0 saturated heterocycles. The SMILES string of the molecule is CCNC(C)Cc1ccc(-c2ccc(Br)c(Cl)c2F)cc1. The van der Waals surface area contributed by atoms with Gasteiger partial charge in [0.1, 0.15) is 0 Å². The Morgan fingerprint density at radius 3 is 2.48 bits per heavy atom. The Kier molecular flexibility index (Phi) is 5.80. The molecule has 2 rings (SSSR count). The molecular weight excluding hydrogens is 353 g/mol. The van der Waals surface area contributed by atoms with E-state index in [4.69, 9.17) is 11.6 Å². The largest absolute Gasteiger partial charge is 0.314 e. The minimum atomic E-state index is -0.389. The predicted molar refractivity (Wildman–Crippen MR) is 91.4 cm³/mol. The van der Waals surface area contributed by atoms with Crippen molar-refractivity contribution in [3.63, 3.8) is 0 Å². The van der Waals surface area contributed by atoms with Crippen LogP contribution >= 0.6 is 27.5 Å². The smallest absolute Gasteiger partial charge is 0.150 e. The Labute approximate surface area is 138 Å². The number of benzene rings is 2. The van der Waals surface area contributed by atoms with E-state index in [-0.39, 0.29) is 10.8 Å². The van der Waals surface area contributed by atoms with Crippen molar-refractivity contribution < 1.29 is 4.39 Å². The number of likely N-dealkylation sites (N-methyl/N-ethyl adjacent to an activating group) is 1. The van der Waals surface area contributed by atoms with Crippen molar-refractivity contribution in [2.45, 2.75) is 26.3 Å². The van der Waals surface area contributed by atoms with Crippen LogP contribution in [0.15, 0.2) is 40.9 Å². The van der Waals surface area contributed by atoms with Gasteiger partial charge in [0.05, 0.1) is 5.02 Å². The summed E-state index contributed by atoms with van der Waals surface area (Å²) in [5.74, 6) is -0.389. The molecule has 0 bridgehead atoms. The van der Waals surface area contributed by atoms with Crippen molar-refractivity contribution in [2.24, 2.45) is 0 Å². The van der Waals surface area contributed by atoms with Crippen LogP contribution in [0, 0.1) is 5.82 Å².